The number of halogens is 3. The van der Waals surface area contributed by atoms with Crippen molar-refractivity contribution in [2.45, 2.75) is 66.7 Å². The Labute approximate surface area is 321 Å². The summed E-state index contributed by atoms with van der Waals surface area (Å²) in [6.45, 7) is 6.25. The number of hydrogen-bond donors (Lipinski definition) is 2. The molecule has 1 aromatic rings. The Hall–Kier alpha value is -3.16. The second-order valence-corrected chi connectivity index (χ2v) is 13.3. The van der Waals surface area contributed by atoms with Crippen molar-refractivity contribution in [1.82, 2.24) is 10.6 Å². The van der Waals surface area contributed by atoms with Crippen molar-refractivity contribution in [1.29, 1.82) is 0 Å². The van der Waals surface area contributed by atoms with Gasteiger partial charge in [0.25, 0.3) is 17.7 Å². The molecule has 0 fully saturated rings. The van der Waals surface area contributed by atoms with Crippen LogP contribution >= 0.6 is 67.8 Å². The Morgan fingerprint density at radius 2 is 0.898 bits per heavy atom. The fraction of sp³-hybridized carbons (Fsp3) is 0.483. The maximum Gasteiger partial charge on any atom is 0.303 e. The summed E-state index contributed by atoms with van der Waals surface area (Å²) in [7, 11) is 0. The summed E-state index contributed by atoms with van der Waals surface area (Å²) in [5, 5.41) is 5.16. The molecule has 0 bridgehead atoms. The van der Waals surface area contributed by atoms with E-state index in [9.17, 15) is 43.2 Å². The number of esters is 5. The van der Waals surface area contributed by atoms with Crippen LogP contribution in [0.3, 0.4) is 0 Å². The average Bonchev–Trinajstić information content (AvgIpc) is 2.96. The highest BCUT2D eigenvalue weighted by Gasteiger charge is 2.37. The first kappa shape index (κ1) is 43.9. The minimum Gasteiger partial charge on any atom is -0.464 e. The molecule has 0 radical (unpaired) electrons. The number of anilines is 1. The molecule has 0 aliphatic carbocycles. The summed E-state index contributed by atoms with van der Waals surface area (Å²) in [5.74, 6) is -7.17. The Morgan fingerprint density at radius 1 is 0.571 bits per heavy atom. The average molecular weight is 1030 g/mol. The smallest absolute Gasteiger partial charge is 0.303 e. The van der Waals surface area contributed by atoms with Crippen molar-refractivity contribution in [3.63, 3.8) is 0 Å². The van der Waals surface area contributed by atoms with E-state index < -0.39 is 98.1 Å². The number of nitrogens with one attached hydrogen (secondary N) is 2. The fourth-order valence-electron chi connectivity index (χ4n) is 3.80. The van der Waals surface area contributed by atoms with Gasteiger partial charge in [-0.15, -0.1) is 0 Å². The van der Waals surface area contributed by atoms with Crippen LogP contribution in [0.1, 0.15) is 69.2 Å². The van der Waals surface area contributed by atoms with E-state index in [4.69, 9.17) is 23.7 Å². The lowest BCUT2D eigenvalue weighted by Crippen LogP contribution is -2.46. The molecule has 4 amide bonds. The first-order valence-electron chi connectivity index (χ1n) is 14.1. The molecule has 0 aliphatic heterocycles. The number of hydrogen-bond acceptors (Lipinski definition) is 14. The highest BCUT2D eigenvalue weighted by atomic mass is 127. The van der Waals surface area contributed by atoms with Gasteiger partial charge in [-0.1, -0.05) is 0 Å². The van der Waals surface area contributed by atoms with E-state index in [-0.39, 0.29) is 27.5 Å². The topological polar surface area (TPSA) is 227 Å². The van der Waals surface area contributed by atoms with Gasteiger partial charge in [0.05, 0.1) is 36.0 Å². The molecule has 0 saturated carbocycles. The molecule has 0 aromatic heterocycles. The number of carbonyl (C=O) groups is 9. The van der Waals surface area contributed by atoms with Gasteiger partial charge in [-0.25, -0.2) is 4.90 Å². The van der Waals surface area contributed by atoms with Crippen LogP contribution in [0.2, 0.25) is 0 Å². The van der Waals surface area contributed by atoms with Gasteiger partial charge in [0.15, 0.2) is 6.10 Å². The monoisotopic (exact) mass is 1030 g/mol. The zero-order chi connectivity index (χ0) is 37.7. The SMILES string of the molecule is CC(=O)OCC(COC(C)=O)NC(=O)c1c(I)c(C(=O)NC(COC(C)=O)COC(C)=O)c(I)c(N(C(C)=O)C(=O)[C@H](C)OC(C)=O)c1I. The molecule has 1 rings (SSSR count). The highest BCUT2D eigenvalue weighted by molar-refractivity contribution is 14.1. The molecular weight excluding hydrogens is 995 g/mol. The molecule has 1 aromatic carbocycles. The van der Waals surface area contributed by atoms with Crippen molar-refractivity contribution in [3.05, 3.63) is 21.8 Å². The van der Waals surface area contributed by atoms with Crippen LogP contribution in [0.5, 0.6) is 0 Å². The van der Waals surface area contributed by atoms with E-state index in [2.05, 4.69) is 10.6 Å². The molecule has 2 N–H and O–H groups in total. The van der Waals surface area contributed by atoms with Crippen LogP contribution in [0.25, 0.3) is 0 Å². The highest BCUT2D eigenvalue weighted by Crippen LogP contribution is 2.38. The second kappa shape index (κ2) is 20.5. The first-order valence-corrected chi connectivity index (χ1v) is 17.3. The maximum atomic E-state index is 13.9. The summed E-state index contributed by atoms with van der Waals surface area (Å²) >= 11 is 5.15. The lowest BCUT2D eigenvalue weighted by Gasteiger charge is -2.28. The molecule has 0 heterocycles. The molecule has 1 atom stereocenters. The van der Waals surface area contributed by atoms with Gasteiger partial charge in [0.1, 0.15) is 26.4 Å². The van der Waals surface area contributed by atoms with Crippen LogP contribution < -0.4 is 15.5 Å². The molecule has 20 heteroatoms. The molecular formula is C29H34I3N3O14. The van der Waals surface area contributed by atoms with Gasteiger partial charge in [-0.2, -0.15) is 0 Å². The Kier molecular flexibility index (Phi) is 18.3. The van der Waals surface area contributed by atoms with Gasteiger partial charge >= 0.3 is 29.8 Å². The number of rotatable bonds is 15. The van der Waals surface area contributed by atoms with E-state index in [1.54, 1.807) is 67.8 Å². The van der Waals surface area contributed by atoms with E-state index in [1.165, 1.54) is 6.92 Å². The van der Waals surface area contributed by atoms with E-state index >= 15 is 0 Å². The molecule has 0 aliphatic rings. The van der Waals surface area contributed by atoms with E-state index in [0.29, 0.717) is 4.90 Å². The predicted molar refractivity (Wildman–Crippen MR) is 193 cm³/mol. The van der Waals surface area contributed by atoms with Crippen molar-refractivity contribution in [2.75, 3.05) is 31.3 Å². The standard InChI is InChI=1S/C29H34I3N3O14/c1-12(49-18(7)41)29(44)35(13(2)36)26-24(31)21(27(42)33-19(8-45-14(3)37)9-46-15(4)38)23(30)22(25(26)32)28(43)34-20(10-47-16(5)39)11-48-17(6)40/h12,19-20H,8-11H2,1-7H3,(H,33,42)(H,34,43)/t12-/m0/s1. The van der Waals surface area contributed by atoms with E-state index in [0.717, 1.165) is 41.5 Å². The van der Waals surface area contributed by atoms with Crippen molar-refractivity contribution >= 4 is 127 Å². The summed E-state index contributed by atoms with van der Waals surface area (Å²) < 4.78 is 25.0. The Morgan fingerprint density at radius 3 is 1.16 bits per heavy atom. The zero-order valence-corrected chi connectivity index (χ0v) is 33.8. The number of amides is 4. The maximum absolute atomic E-state index is 13.9. The minimum atomic E-state index is -1.46. The quantitative estimate of drug-likeness (QED) is 0.145. The second-order valence-electron chi connectivity index (χ2n) is 10.0. The summed E-state index contributed by atoms with van der Waals surface area (Å²) in [5.41, 5.74) is -0.636. The van der Waals surface area contributed by atoms with Crippen LogP contribution in [0.4, 0.5) is 5.69 Å². The molecule has 17 nitrogen and oxygen atoms in total. The number of nitrogens with zero attached hydrogens (tertiary/aromatic N) is 1. The van der Waals surface area contributed by atoms with Crippen LogP contribution in [-0.2, 0) is 57.2 Å². The predicted octanol–water partition coefficient (Wildman–Crippen LogP) is 1.78. The Balaban J connectivity index is 4.00. The third-order valence-corrected chi connectivity index (χ3v) is 9.00. The van der Waals surface area contributed by atoms with Gasteiger partial charge in [0, 0.05) is 45.1 Å². The third kappa shape index (κ3) is 13.9. The fourth-order valence-corrected chi connectivity index (χ4v) is 8.43. The summed E-state index contributed by atoms with van der Waals surface area (Å²) in [4.78, 5) is 113. The van der Waals surface area contributed by atoms with Gasteiger partial charge in [-0.3, -0.25) is 43.2 Å². The first-order chi connectivity index (χ1) is 22.7. The summed E-state index contributed by atoms with van der Waals surface area (Å²) in [6.07, 6.45) is -1.46. The number of benzene rings is 1. The van der Waals surface area contributed by atoms with Crippen molar-refractivity contribution in [3.8, 4) is 0 Å². The Bertz CT molecular complexity index is 1400. The normalized spacial score (nSPS) is 11.2. The van der Waals surface area contributed by atoms with Gasteiger partial charge in [0.2, 0.25) is 5.91 Å². The molecule has 0 unspecified atom stereocenters. The number of imide groups is 1. The summed E-state index contributed by atoms with van der Waals surface area (Å²) in [6, 6.07) is -2.14. The van der Waals surface area contributed by atoms with Crippen LogP contribution in [-0.4, -0.2) is 98.1 Å². The van der Waals surface area contributed by atoms with Crippen molar-refractivity contribution in [2.24, 2.45) is 0 Å². The molecule has 0 spiro atoms. The lowest BCUT2D eigenvalue weighted by molar-refractivity contribution is -0.152. The number of carbonyl (C=O) groups excluding carboxylic acids is 9. The molecule has 270 valence electrons. The van der Waals surface area contributed by atoms with Gasteiger partial charge < -0.3 is 34.3 Å². The van der Waals surface area contributed by atoms with E-state index in [1.807, 2.05) is 0 Å². The van der Waals surface area contributed by atoms with Crippen LogP contribution in [0.15, 0.2) is 0 Å². The lowest BCUT2D eigenvalue weighted by atomic mass is 10.1. The van der Waals surface area contributed by atoms with Crippen molar-refractivity contribution < 1.29 is 66.8 Å². The zero-order valence-electron chi connectivity index (χ0n) is 27.4. The minimum absolute atomic E-state index is 0.00845. The molecule has 0 saturated heterocycles. The van der Waals surface area contributed by atoms with Crippen LogP contribution in [0, 0.1) is 10.7 Å². The molecule has 49 heavy (non-hydrogen) atoms. The number of ether oxygens (including phenoxy) is 5. The van der Waals surface area contributed by atoms with Gasteiger partial charge in [-0.05, 0) is 74.7 Å². The third-order valence-electron chi connectivity index (χ3n) is 5.82. The largest absolute Gasteiger partial charge is 0.464 e.